The molecule has 18 heavy (non-hydrogen) atoms. The molecule has 0 aromatic carbocycles. The monoisotopic (exact) mass is 315 g/mol. The van der Waals surface area contributed by atoms with Crippen molar-refractivity contribution in [2.24, 2.45) is 0 Å². The van der Waals surface area contributed by atoms with E-state index in [9.17, 15) is 14.9 Å². The molecule has 0 aliphatic heterocycles. The summed E-state index contributed by atoms with van der Waals surface area (Å²) in [4.78, 5) is 25.3. The van der Waals surface area contributed by atoms with Gasteiger partial charge in [-0.2, -0.15) is 0 Å². The summed E-state index contributed by atoms with van der Waals surface area (Å²) in [5.41, 5.74) is -0.279. The van der Waals surface area contributed by atoms with Gasteiger partial charge in [-0.3, -0.25) is 10.1 Å². The quantitative estimate of drug-likeness (QED) is 0.508. The van der Waals surface area contributed by atoms with Crippen molar-refractivity contribution in [3.8, 4) is 0 Å². The van der Waals surface area contributed by atoms with E-state index in [2.05, 4.69) is 37.5 Å². The molecule has 0 saturated carbocycles. The number of hydrogen-bond acceptors (Lipinski definition) is 6. The molecule has 1 aromatic rings. The first-order chi connectivity index (χ1) is 8.45. The fourth-order valence-electron chi connectivity index (χ4n) is 1.14. The molecule has 0 amide bonds. The van der Waals surface area contributed by atoms with E-state index in [0.29, 0.717) is 4.48 Å². The van der Waals surface area contributed by atoms with Gasteiger partial charge in [-0.15, -0.1) is 0 Å². The highest BCUT2D eigenvalue weighted by atomic mass is 79.9. The van der Waals surface area contributed by atoms with Gasteiger partial charge in [0.25, 0.3) is 0 Å². The van der Waals surface area contributed by atoms with Gasteiger partial charge < -0.3 is 10.1 Å². The number of aromatic nitrogens is 1. The van der Waals surface area contributed by atoms with Gasteiger partial charge in [-0.1, -0.05) is 22.5 Å². The lowest BCUT2D eigenvalue weighted by atomic mass is 10.2. The van der Waals surface area contributed by atoms with E-state index in [1.165, 1.54) is 13.3 Å². The molecular formula is C10H10BrN3O4. The topological polar surface area (TPSA) is 94.4 Å². The van der Waals surface area contributed by atoms with Crippen molar-refractivity contribution < 1.29 is 14.5 Å². The first kappa shape index (κ1) is 14.1. The van der Waals surface area contributed by atoms with Crippen LogP contribution in [0.2, 0.25) is 0 Å². The van der Waals surface area contributed by atoms with Crippen molar-refractivity contribution in [2.45, 2.75) is 0 Å². The molecule has 0 aliphatic rings. The lowest BCUT2D eigenvalue weighted by Gasteiger charge is -2.06. The Morgan fingerprint density at radius 3 is 2.89 bits per heavy atom. The Bertz CT molecular complexity index is 504. The molecule has 1 rings (SSSR count). The summed E-state index contributed by atoms with van der Waals surface area (Å²) < 4.78 is 5.09. The number of halogens is 1. The van der Waals surface area contributed by atoms with Gasteiger partial charge in [0, 0.05) is 23.3 Å². The average Bonchev–Trinajstić information content (AvgIpc) is 2.34. The summed E-state index contributed by atoms with van der Waals surface area (Å²) in [7, 11) is 1.19. The molecule has 0 bridgehead atoms. The van der Waals surface area contributed by atoms with Crippen LogP contribution >= 0.6 is 15.9 Å². The van der Waals surface area contributed by atoms with Crippen molar-refractivity contribution in [1.29, 1.82) is 0 Å². The lowest BCUT2D eigenvalue weighted by molar-refractivity contribution is -0.384. The number of nitro groups is 1. The molecule has 0 atom stereocenters. The number of esters is 1. The van der Waals surface area contributed by atoms with E-state index in [1.807, 2.05) is 0 Å². The van der Waals surface area contributed by atoms with E-state index in [4.69, 9.17) is 0 Å². The van der Waals surface area contributed by atoms with Gasteiger partial charge >= 0.3 is 11.7 Å². The molecule has 0 radical (unpaired) electrons. The molecule has 0 spiro atoms. The normalized spacial score (nSPS) is 9.67. The van der Waals surface area contributed by atoms with Crippen LogP contribution in [0.3, 0.4) is 0 Å². The molecule has 1 N–H and O–H groups in total. The third kappa shape index (κ3) is 3.52. The van der Waals surface area contributed by atoms with Crippen LogP contribution in [0, 0.1) is 10.1 Å². The summed E-state index contributed by atoms with van der Waals surface area (Å²) in [5.74, 6) is -0.615. The lowest BCUT2D eigenvalue weighted by Crippen LogP contribution is -2.09. The predicted molar refractivity (Wildman–Crippen MR) is 68.8 cm³/mol. The maximum atomic E-state index is 11.2. The SMILES string of the molecule is C=C(Br)CNc1ncc(C(=O)OC)cc1[N+](=O)[O-]. The van der Waals surface area contributed by atoms with Crippen molar-refractivity contribution in [1.82, 2.24) is 4.98 Å². The van der Waals surface area contributed by atoms with E-state index in [0.717, 1.165) is 6.07 Å². The van der Waals surface area contributed by atoms with E-state index < -0.39 is 10.9 Å². The third-order valence-corrected chi connectivity index (χ3v) is 2.21. The number of anilines is 1. The van der Waals surface area contributed by atoms with Gasteiger partial charge in [0.1, 0.15) is 0 Å². The Balaban J connectivity index is 3.08. The number of carbonyl (C=O) groups excluding carboxylic acids is 1. The number of nitrogens with one attached hydrogen (secondary N) is 1. The molecule has 1 aromatic heterocycles. The Morgan fingerprint density at radius 2 is 2.39 bits per heavy atom. The number of rotatable bonds is 5. The van der Waals surface area contributed by atoms with Crippen LogP contribution in [0.4, 0.5) is 11.5 Å². The maximum Gasteiger partial charge on any atom is 0.339 e. The number of nitrogens with zero attached hydrogens (tertiary/aromatic N) is 2. The van der Waals surface area contributed by atoms with Crippen LogP contribution in [0.1, 0.15) is 10.4 Å². The maximum absolute atomic E-state index is 11.2. The van der Waals surface area contributed by atoms with Crippen LogP contribution in [0.5, 0.6) is 0 Å². The zero-order valence-corrected chi connectivity index (χ0v) is 11.1. The average molecular weight is 316 g/mol. The van der Waals surface area contributed by atoms with Crippen molar-refractivity contribution in [3.63, 3.8) is 0 Å². The fraction of sp³-hybridized carbons (Fsp3) is 0.200. The zero-order valence-electron chi connectivity index (χ0n) is 9.47. The van der Waals surface area contributed by atoms with Gasteiger partial charge in [0.15, 0.2) is 0 Å². The Hall–Kier alpha value is -1.96. The van der Waals surface area contributed by atoms with E-state index in [-0.39, 0.29) is 23.6 Å². The molecule has 0 unspecified atom stereocenters. The number of ether oxygens (including phenoxy) is 1. The largest absolute Gasteiger partial charge is 0.465 e. The number of methoxy groups -OCH3 is 1. The van der Waals surface area contributed by atoms with Crippen LogP contribution in [0.15, 0.2) is 23.3 Å². The minimum absolute atomic E-state index is 0.0208. The van der Waals surface area contributed by atoms with Crippen molar-refractivity contribution in [2.75, 3.05) is 19.0 Å². The summed E-state index contributed by atoms with van der Waals surface area (Å²) in [6, 6.07) is 1.11. The second-order valence-electron chi connectivity index (χ2n) is 3.21. The van der Waals surface area contributed by atoms with Gasteiger partial charge in [-0.25, -0.2) is 9.78 Å². The molecule has 96 valence electrons. The highest BCUT2D eigenvalue weighted by Gasteiger charge is 2.19. The Kier molecular flexibility index (Phi) is 4.78. The second kappa shape index (κ2) is 6.10. The van der Waals surface area contributed by atoms with Crippen LogP contribution < -0.4 is 5.32 Å². The highest BCUT2D eigenvalue weighted by Crippen LogP contribution is 2.23. The number of carbonyl (C=O) groups is 1. The summed E-state index contributed by atoms with van der Waals surface area (Å²) in [6.07, 6.45) is 1.21. The predicted octanol–water partition coefficient (Wildman–Crippen LogP) is 2.10. The van der Waals surface area contributed by atoms with Crippen molar-refractivity contribution in [3.05, 3.63) is 39.0 Å². The fourth-order valence-corrected chi connectivity index (χ4v) is 1.28. The smallest absolute Gasteiger partial charge is 0.339 e. The second-order valence-corrected chi connectivity index (χ2v) is 4.33. The number of pyridine rings is 1. The minimum atomic E-state index is -0.679. The van der Waals surface area contributed by atoms with Crippen LogP contribution in [0.25, 0.3) is 0 Å². The van der Waals surface area contributed by atoms with Gasteiger partial charge in [0.2, 0.25) is 5.82 Å². The molecular weight excluding hydrogens is 306 g/mol. The molecule has 1 heterocycles. The minimum Gasteiger partial charge on any atom is -0.465 e. The van der Waals surface area contributed by atoms with E-state index >= 15 is 0 Å². The van der Waals surface area contributed by atoms with Crippen molar-refractivity contribution >= 4 is 33.4 Å². The summed E-state index contributed by atoms with van der Waals surface area (Å²) in [5, 5.41) is 13.6. The first-order valence-corrected chi connectivity index (χ1v) is 5.55. The molecule has 0 fully saturated rings. The molecule has 0 saturated heterocycles. The Morgan fingerprint density at radius 1 is 1.72 bits per heavy atom. The third-order valence-electron chi connectivity index (χ3n) is 1.93. The highest BCUT2D eigenvalue weighted by molar-refractivity contribution is 9.11. The summed E-state index contributed by atoms with van der Waals surface area (Å²) in [6.45, 7) is 3.87. The number of hydrogen-bond donors (Lipinski definition) is 1. The zero-order chi connectivity index (χ0) is 13.7. The van der Waals surface area contributed by atoms with Gasteiger partial charge in [-0.05, 0) is 0 Å². The molecule has 8 heteroatoms. The Labute approximate surface area is 111 Å². The molecule has 0 aliphatic carbocycles. The standard InChI is InChI=1S/C10H10BrN3O4/c1-6(11)4-12-9-8(14(16)17)3-7(5-13-9)10(15)18-2/h3,5H,1,4H2,2H3,(H,12,13). The molecule has 7 nitrogen and oxygen atoms in total. The van der Waals surface area contributed by atoms with Gasteiger partial charge in [0.05, 0.1) is 17.6 Å². The van der Waals surface area contributed by atoms with Crippen LogP contribution in [-0.4, -0.2) is 29.5 Å². The summed E-state index contributed by atoms with van der Waals surface area (Å²) >= 11 is 3.11. The first-order valence-electron chi connectivity index (χ1n) is 4.75. The van der Waals surface area contributed by atoms with E-state index in [1.54, 1.807) is 0 Å². The van der Waals surface area contributed by atoms with Crippen LogP contribution in [-0.2, 0) is 4.74 Å².